The summed E-state index contributed by atoms with van der Waals surface area (Å²) < 4.78 is 10.9. The van der Waals surface area contributed by atoms with Crippen LogP contribution in [0.4, 0.5) is 10.5 Å². The van der Waals surface area contributed by atoms with Crippen LogP contribution in [0.3, 0.4) is 0 Å². The predicted molar refractivity (Wildman–Crippen MR) is 131 cm³/mol. The van der Waals surface area contributed by atoms with Crippen LogP contribution in [-0.4, -0.2) is 63.3 Å². The second-order valence-corrected chi connectivity index (χ2v) is 8.49. The first-order chi connectivity index (χ1) is 16.5. The molecule has 0 radical (unpaired) electrons. The van der Waals surface area contributed by atoms with Crippen molar-refractivity contribution in [3.8, 4) is 5.75 Å². The molecule has 0 unspecified atom stereocenters. The number of carbonyl (C=O) groups excluding carboxylic acids is 2. The molecule has 0 aromatic heterocycles. The zero-order valence-electron chi connectivity index (χ0n) is 20.0. The van der Waals surface area contributed by atoms with Gasteiger partial charge >= 0.3 is 12.0 Å². The SMILES string of the molecule is CCOC(=O)C1=C(CN2CCN(c3ccccc3OC)CC2)NC(=O)N[C@H]1c1ccc(C)cc1. The van der Waals surface area contributed by atoms with E-state index in [1.807, 2.05) is 49.4 Å². The summed E-state index contributed by atoms with van der Waals surface area (Å²) in [6.07, 6.45) is 0. The Kier molecular flexibility index (Phi) is 7.37. The number of benzene rings is 2. The van der Waals surface area contributed by atoms with Crippen LogP contribution in [0.15, 0.2) is 59.8 Å². The standard InChI is InChI=1S/C26H32N4O4/c1-4-34-25(31)23-20(27-26(32)28-24(23)19-11-9-18(2)10-12-19)17-29-13-15-30(16-14-29)21-7-5-6-8-22(21)33-3/h5-12,24H,4,13-17H2,1-3H3,(H2,27,28,32)/t24-/m0/s1. The van der Waals surface area contributed by atoms with Gasteiger partial charge in [0.05, 0.1) is 31.0 Å². The summed E-state index contributed by atoms with van der Waals surface area (Å²) in [6, 6.07) is 15.0. The quantitative estimate of drug-likeness (QED) is 0.613. The van der Waals surface area contributed by atoms with E-state index in [1.54, 1.807) is 14.0 Å². The topological polar surface area (TPSA) is 83.1 Å². The molecule has 180 valence electrons. The highest BCUT2D eigenvalue weighted by molar-refractivity contribution is 5.95. The first kappa shape index (κ1) is 23.6. The second-order valence-electron chi connectivity index (χ2n) is 8.49. The number of para-hydroxylation sites is 2. The Balaban J connectivity index is 1.55. The Bertz CT molecular complexity index is 1060. The number of piperazine rings is 1. The van der Waals surface area contributed by atoms with Crippen molar-refractivity contribution in [2.24, 2.45) is 0 Å². The lowest BCUT2D eigenvalue weighted by molar-refractivity contribution is -0.139. The van der Waals surface area contributed by atoms with Crippen molar-refractivity contribution in [1.29, 1.82) is 0 Å². The van der Waals surface area contributed by atoms with Crippen molar-refractivity contribution >= 4 is 17.7 Å². The number of urea groups is 1. The van der Waals surface area contributed by atoms with Crippen LogP contribution in [0.2, 0.25) is 0 Å². The maximum absolute atomic E-state index is 13.0. The van der Waals surface area contributed by atoms with Crippen LogP contribution in [0.1, 0.15) is 24.1 Å². The Morgan fingerprint density at radius 3 is 2.44 bits per heavy atom. The minimum absolute atomic E-state index is 0.266. The van der Waals surface area contributed by atoms with Gasteiger partial charge in [-0.25, -0.2) is 9.59 Å². The maximum atomic E-state index is 13.0. The van der Waals surface area contributed by atoms with E-state index < -0.39 is 12.0 Å². The van der Waals surface area contributed by atoms with Gasteiger partial charge in [-0.15, -0.1) is 0 Å². The van der Waals surface area contributed by atoms with Gasteiger partial charge in [0.15, 0.2) is 0 Å². The summed E-state index contributed by atoms with van der Waals surface area (Å²) in [7, 11) is 1.68. The number of carbonyl (C=O) groups is 2. The third-order valence-electron chi connectivity index (χ3n) is 6.24. The van der Waals surface area contributed by atoms with E-state index >= 15 is 0 Å². The number of aryl methyl sites for hydroxylation is 1. The average molecular weight is 465 g/mol. The summed E-state index contributed by atoms with van der Waals surface area (Å²) in [6.45, 7) is 7.72. The number of anilines is 1. The highest BCUT2D eigenvalue weighted by Crippen LogP contribution is 2.30. The molecule has 2 aromatic rings. The van der Waals surface area contributed by atoms with E-state index in [0.29, 0.717) is 17.8 Å². The van der Waals surface area contributed by atoms with Crippen molar-refractivity contribution in [3.05, 3.63) is 70.9 Å². The number of esters is 1. The van der Waals surface area contributed by atoms with Gasteiger partial charge in [-0.1, -0.05) is 42.0 Å². The minimum Gasteiger partial charge on any atom is -0.495 e. The molecule has 2 N–H and O–H groups in total. The number of hydrogen-bond acceptors (Lipinski definition) is 6. The molecule has 2 aliphatic rings. The lowest BCUT2D eigenvalue weighted by atomic mass is 9.94. The lowest BCUT2D eigenvalue weighted by Gasteiger charge is -2.38. The van der Waals surface area contributed by atoms with E-state index in [1.165, 1.54) is 0 Å². The molecule has 0 spiro atoms. The van der Waals surface area contributed by atoms with Gasteiger partial charge < -0.3 is 25.0 Å². The number of ether oxygens (including phenoxy) is 2. The number of hydrogen-bond donors (Lipinski definition) is 2. The molecule has 2 aliphatic heterocycles. The maximum Gasteiger partial charge on any atom is 0.338 e. The second kappa shape index (κ2) is 10.6. The van der Waals surface area contributed by atoms with E-state index in [-0.39, 0.29) is 12.6 Å². The lowest BCUT2D eigenvalue weighted by Crippen LogP contribution is -2.51. The molecule has 1 atom stereocenters. The molecule has 4 rings (SSSR count). The van der Waals surface area contributed by atoms with Gasteiger partial charge in [0.25, 0.3) is 0 Å². The predicted octanol–water partition coefficient (Wildman–Crippen LogP) is 3.00. The van der Waals surface area contributed by atoms with Gasteiger partial charge in [0, 0.05) is 38.4 Å². The third kappa shape index (κ3) is 5.17. The zero-order valence-corrected chi connectivity index (χ0v) is 20.0. The van der Waals surface area contributed by atoms with Gasteiger partial charge in [-0.05, 0) is 31.5 Å². The molecule has 0 saturated carbocycles. The smallest absolute Gasteiger partial charge is 0.338 e. The number of methoxy groups -OCH3 is 1. The summed E-state index contributed by atoms with van der Waals surface area (Å²) >= 11 is 0. The molecular formula is C26H32N4O4. The summed E-state index contributed by atoms with van der Waals surface area (Å²) in [5.41, 5.74) is 4.09. The summed E-state index contributed by atoms with van der Waals surface area (Å²) in [4.78, 5) is 30.1. The van der Waals surface area contributed by atoms with Crippen LogP contribution in [0.5, 0.6) is 5.75 Å². The van der Waals surface area contributed by atoms with Crippen LogP contribution in [-0.2, 0) is 9.53 Å². The number of amides is 2. The molecule has 8 heteroatoms. The normalized spacial score (nSPS) is 18.9. The van der Waals surface area contributed by atoms with Crippen molar-refractivity contribution in [2.75, 3.05) is 51.3 Å². The summed E-state index contributed by atoms with van der Waals surface area (Å²) in [5.74, 6) is 0.443. The molecule has 2 heterocycles. The fraction of sp³-hybridized carbons (Fsp3) is 0.385. The molecule has 8 nitrogen and oxygen atoms in total. The molecule has 34 heavy (non-hydrogen) atoms. The van der Waals surface area contributed by atoms with Crippen molar-refractivity contribution in [2.45, 2.75) is 19.9 Å². The first-order valence-electron chi connectivity index (χ1n) is 11.6. The van der Waals surface area contributed by atoms with Gasteiger partial charge in [-0.3, -0.25) is 4.90 Å². The largest absolute Gasteiger partial charge is 0.495 e. The monoisotopic (exact) mass is 464 g/mol. The van der Waals surface area contributed by atoms with Gasteiger partial charge in [0.2, 0.25) is 0 Å². The fourth-order valence-corrected chi connectivity index (χ4v) is 4.46. The Labute approximate surface area is 200 Å². The first-order valence-corrected chi connectivity index (χ1v) is 11.6. The number of nitrogens with zero attached hydrogens (tertiary/aromatic N) is 2. The van der Waals surface area contributed by atoms with Crippen molar-refractivity contribution in [3.63, 3.8) is 0 Å². The molecule has 2 aromatic carbocycles. The molecule has 2 amide bonds. The molecule has 1 saturated heterocycles. The number of nitrogens with one attached hydrogen (secondary N) is 2. The van der Waals surface area contributed by atoms with E-state index in [4.69, 9.17) is 9.47 Å². The fourth-order valence-electron chi connectivity index (χ4n) is 4.46. The highest BCUT2D eigenvalue weighted by Gasteiger charge is 2.34. The zero-order chi connectivity index (χ0) is 24.1. The third-order valence-corrected chi connectivity index (χ3v) is 6.24. The van der Waals surface area contributed by atoms with Crippen molar-refractivity contribution < 1.29 is 19.1 Å². The van der Waals surface area contributed by atoms with E-state index in [2.05, 4.69) is 26.5 Å². The van der Waals surface area contributed by atoms with Gasteiger partial charge in [-0.2, -0.15) is 0 Å². The molecule has 0 bridgehead atoms. The van der Waals surface area contributed by atoms with Gasteiger partial charge in [0.1, 0.15) is 5.75 Å². The minimum atomic E-state index is -0.557. The average Bonchev–Trinajstić information content (AvgIpc) is 2.84. The van der Waals surface area contributed by atoms with Crippen LogP contribution >= 0.6 is 0 Å². The van der Waals surface area contributed by atoms with E-state index in [9.17, 15) is 9.59 Å². The Morgan fingerprint density at radius 2 is 1.76 bits per heavy atom. The summed E-state index contributed by atoms with van der Waals surface area (Å²) in [5, 5.41) is 5.78. The van der Waals surface area contributed by atoms with Crippen LogP contribution in [0.25, 0.3) is 0 Å². The number of rotatable bonds is 7. The molecule has 0 aliphatic carbocycles. The van der Waals surface area contributed by atoms with Crippen LogP contribution < -0.4 is 20.3 Å². The molecule has 1 fully saturated rings. The van der Waals surface area contributed by atoms with Crippen molar-refractivity contribution in [1.82, 2.24) is 15.5 Å². The highest BCUT2D eigenvalue weighted by atomic mass is 16.5. The van der Waals surface area contributed by atoms with E-state index in [0.717, 1.165) is 48.7 Å². The Hall–Kier alpha value is -3.52. The Morgan fingerprint density at radius 1 is 1.06 bits per heavy atom. The van der Waals surface area contributed by atoms with Crippen LogP contribution in [0, 0.1) is 6.92 Å². The molecular weight excluding hydrogens is 432 g/mol.